The average molecular weight is 565 g/mol. The first-order valence-electron chi connectivity index (χ1n) is 11.6. The number of benzene rings is 2. The zero-order valence-electron chi connectivity index (χ0n) is 20.0. The third kappa shape index (κ3) is 5.93. The number of anilines is 1. The van der Waals surface area contributed by atoms with Gasteiger partial charge in [0.15, 0.2) is 5.96 Å². The van der Waals surface area contributed by atoms with Crippen molar-refractivity contribution in [3.63, 3.8) is 0 Å². The van der Waals surface area contributed by atoms with E-state index in [9.17, 15) is 0 Å². The van der Waals surface area contributed by atoms with Gasteiger partial charge in [-0.1, -0.05) is 30.3 Å². The number of aryl methyl sites for hydroxylation is 1. The molecule has 0 bridgehead atoms. The molecule has 2 aromatic carbocycles. The van der Waals surface area contributed by atoms with E-state index in [1.165, 1.54) is 16.8 Å². The van der Waals surface area contributed by atoms with Gasteiger partial charge in [0.1, 0.15) is 5.75 Å². The number of nitrogens with zero attached hydrogens (tertiary/aromatic N) is 3. The summed E-state index contributed by atoms with van der Waals surface area (Å²) in [5, 5.41) is 3.73. The number of methoxy groups -OCH3 is 1. The number of halogens is 1. The lowest BCUT2D eigenvalue weighted by Crippen LogP contribution is -2.55. The fourth-order valence-corrected chi connectivity index (χ4v) is 5.04. The van der Waals surface area contributed by atoms with Gasteiger partial charge in [0.25, 0.3) is 0 Å². The average Bonchev–Trinajstić information content (AvgIpc) is 2.85. The van der Waals surface area contributed by atoms with E-state index in [1.54, 1.807) is 7.11 Å². The maximum Gasteiger partial charge on any atom is 0.193 e. The van der Waals surface area contributed by atoms with E-state index < -0.39 is 0 Å². The number of guanidine groups is 1. The number of piperazine rings is 1. The van der Waals surface area contributed by atoms with Gasteiger partial charge in [-0.2, -0.15) is 0 Å². The fraction of sp³-hybridized carbons (Fsp3) is 0.500. The zero-order valence-corrected chi connectivity index (χ0v) is 22.4. The molecule has 2 saturated heterocycles. The maximum absolute atomic E-state index is 5.72. The highest BCUT2D eigenvalue weighted by atomic mass is 127. The molecule has 2 aliphatic rings. The second kappa shape index (κ2) is 11.9. The first kappa shape index (κ1) is 25.6. The lowest BCUT2D eigenvalue weighted by atomic mass is 9.72. The Labute approximate surface area is 215 Å². The van der Waals surface area contributed by atoms with Crippen LogP contribution in [0.4, 0.5) is 5.69 Å². The Bertz CT molecular complexity index is 922. The van der Waals surface area contributed by atoms with Gasteiger partial charge in [0.05, 0.1) is 7.11 Å². The smallest absolute Gasteiger partial charge is 0.193 e. The number of ether oxygens (including phenoxy) is 2. The molecule has 0 unspecified atom stereocenters. The molecule has 7 heteroatoms. The standard InChI is InChI=1S/C26H36N4O2.HI/c1-21-7-4-5-10-24(21)26(11-17-32-18-12-26)20-28-25(27-2)30-15-13-29(14-16-30)22-8-6-9-23(19-22)31-3;/h4-10,19H,11-18,20H2,1-3H3,(H,27,28);1H. The van der Waals surface area contributed by atoms with Crippen LogP contribution in [0.15, 0.2) is 53.5 Å². The molecule has 0 aromatic heterocycles. The first-order chi connectivity index (χ1) is 15.6. The van der Waals surface area contributed by atoms with E-state index in [-0.39, 0.29) is 29.4 Å². The van der Waals surface area contributed by atoms with Gasteiger partial charge < -0.3 is 24.6 Å². The van der Waals surface area contributed by atoms with Gasteiger partial charge in [0.2, 0.25) is 0 Å². The summed E-state index contributed by atoms with van der Waals surface area (Å²) < 4.78 is 11.1. The van der Waals surface area contributed by atoms with Crippen LogP contribution in [-0.4, -0.2) is 71.0 Å². The van der Waals surface area contributed by atoms with Crippen molar-refractivity contribution in [2.45, 2.75) is 25.2 Å². The molecule has 0 atom stereocenters. The molecular formula is C26H37IN4O2. The molecule has 2 aromatic rings. The molecule has 2 fully saturated rings. The SMILES string of the molecule is CN=C(NCC1(c2ccccc2C)CCOCC1)N1CCN(c2cccc(OC)c2)CC1.I. The largest absolute Gasteiger partial charge is 0.497 e. The van der Waals surface area contributed by atoms with Crippen LogP contribution < -0.4 is 15.0 Å². The Morgan fingerprint density at radius 2 is 1.79 bits per heavy atom. The Morgan fingerprint density at radius 1 is 1.06 bits per heavy atom. The van der Waals surface area contributed by atoms with Gasteiger partial charge in [0, 0.05) is 70.2 Å². The lowest BCUT2D eigenvalue weighted by molar-refractivity contribution is 0.0509. The normalized spacial score (nSPS) is 18.5. The molecule has 180 valence electrons. The van der Waals surface area contributed by atoms with Crippen molar-refractivity contribution >= 4 is 35.6 Å². The highest BCUT2D eigenvalue weighted by Crippen LogP contribution is 2.36. The summed E-state index contributed by atoms with van der Waals surface area (Å²) in [4.78, 5) is 9.42. The highest BCUT2D eigenvalue weighted by molar-refractivity contribution is 14.0. The molecular weight excluding hydrogens is 527 g/mol. The number of aliphatic imine (C=N–C) groups is 1. The monoisotopic (exact) mass is 564 g/mol. The van der Waals surface area contributed by atoms with E-state index in [2.05, 4.69) is 69.5 Å². The van der Waals surface area contributed by atoms with E-state index in [0.29, 0.717) is 0 Å². The molecule has 6 nitrogen and oxygen atoms in total. The molecule has 1 N–H and O–H groups in total. The van der Waals surface area contributed by atoms with Gasteiger partial charge in [-0.3, -0.25) is 4.99 Å². The molecule has 0 aliphatic carbocycles. The summed E-state index contributed by atoms with van der Waals surface area (Å²) in [6.07, 6.45) is 2.07. The van der Waals surface area contributed by atoms with Crippen molar-refractivity contribution < 1.29 is 9.47 Å². The fourth-order valence-electron chi connectivity index (χ4n) is 5.04. The van der Waals surface area contributed by atoms with Crippen molar-refractivity contribution in [3.8, 4) is 5.75 Å². The Morgan fingerprint density at radius 3 is 2.45 bits per heavy atom. The van der Waals surface area contributed by atoms with E-state index >= 15 is 0 Å². The predicted octanol–water partition coefficient (Wildman–Crippen LogP) is 4.07. The second-order valence-corrected chi connectivity index (χ2v) is 8.78. The molecule has 0 radical (unpaired) electrons. The van der Waals surface area contributed by atoms with E-state index in [0.717, 1.165) is 70.5 Å². The summed E-state index contributed by atoms with van der Waals surface area (Å²) in [5.74, 6) is 1.90. The van der Waals surface area contributed by atoms with E-state index in [1.807, 2.05) is 13.1 Å². The quantitative estimate of drug-likeness (QED) is 0.337. The van der Waals surface area contributed by atoms with Gasteiger partial charge in [-0.15, -0.1) is 24.0 Å². The third-order valence-corrected chi connectivity index (χ3v) is 6.96. The van der Waals surface area contributed by atoms with Crippen molar-refractivity contribution in [1.29, 1.82) is 0 Å². The summed E-state index contributed by atoms with van der Waals surface area (Å²) in [5.41, 5.74) is 4.10. The minimum atomic E-state index is 0. The minimum absolute atomic E-state index is 0. The minimum Gasteiger partial charge on any atom is -0.497 e. The van der Waals surface area contributed by atoms with Crippen molar-refractivity contribution in [3.05, 3.63) is 59.7 Å². The molecule has 2 aliphatic heterocycles. The van der Waals surface area contributed by atoms with Crippen molar-refractivity contribution in [1.82, 2.24) is 10.2 Å². The van der Waals surface area contributed by atoms with E-state index in [4.69, 9.17) is 9.47 Å². The Kier molecular flexibility index (Phi) is 9.26. The lowest BCUT2D eigenvalue weighted by Gasteiger charge is -2.41. The number of hydrogen-bond donors (Lipinski definition) is 1. The Hall–Kier alpha value is -2.00. The van der Waals surface area contributed by atoms with Crippen molar-refractivity contribution in [2.75, 3.05) is 65.0 Å². The topological polar surface area (TPSA) is 49.3 Å². The van der Waals surface area contributed by atoms with Crippen LogP contribution in [-0.2, 0) is 10.2 Å². The van der Waals surface area contributed by atoms with Crippen LogP contribution >= 0.6 is 24.0 Å². The molecule has 2 heterocycles. The van der Waals surface area contributed by atoms with Crippen LogP contribution in [0.1, 0.15) is 24.0 Å². The first-order valence-corrected chi connectivity index (χ1v) is 11.6. The number of hydrogen-bond acceptors (Lipinski definition) is 4. The van der Waals surface area contributed by atoms with Gasteiger partial charge >= 0.3 is 0 Å². The molecule has 33 heavy (non-hydrogen) atoms. The molecule has 0 amide bonds. The van der Waals surface area contributed by atoms with Gasteiger partial charge in [-0.05, 0) is 43.0 Å². The second-order valence-electron chi connectivity index (χ2n) is 8.78. The Balaban J connectivity index is 0.00000306. The van der Waals surface area contributed by atoms with Gasteiger partial charge in [-0.25, -0.2) is 0 Å². The number of rotatable bonds is 5. The summed E-state index contributed by atoms with van der Waals surface area (Å²) in [6, 6.07) is 17.1. The summed E-state index contributed by atoms with van der Waals surface area (Å²) in [6.45, 7) is 8.54. The highest BCUT2D eigenvalue weighted by Gasteiger charge is 2.36. The maximum atomic E-state index is 5.72. The third-order valence-electron chi connectivity index (χ3n) is 6.96. The van der Waals surface area contributed by atoms with Crippen molar-refractivity contribution in [2.24, 2.45) is 4.99 Å². The number of nitrogens with one attached hydrogen (secondary N) is 1. The molecule has 0 spiro atoms. The van der Waals surface area contributed by atoms with Crippen LogP contribution in [0, 0.1) is 6.92 Å². The zero-order chi connectivity index (χ0) is 22.4. The molecule has 0 saturated carbocycles. The van der Waals surface area contributed by atoms with Crippen LogP contribution in [0.5, 0.6) is 5.75 Å². The molecule has 4 rings (SSSR count). The van der Waals surface area contributed by atoms with Crippen LogP contribution in [0.2, 0.25) is 0 Å². The van der Waals surface area contributed by atoms with Crippen LogP contribution in [0.3, 0.4) is 0 Å². The predicted molar refractivity (Wildman–Crippen MR) is 146 cm³/mol. The summed E-state index contributed by atoms with van der Waals surface area (Å²) in [7, 11) is 3.61. The van der Waals surface area contributed by atoms with Crippen LogP contribution in [0.25, 0.3) is 0 Å². The summed E-state index contributed by atoms with van der Waals surface area (Å²) >= 11 is 0.